The zero-order valence-corrected chi connectivity index (χ0v) is 52.7. The molecule has 0 heterocycles. The Bertz CT molecular complexity index is 1260. The molecule has 0 aliphatic rings. The van der Waals surface area contributed by atoms with Gasteiger partial charge in [0.25, 0.3) is 0 Å². The van der Waals surface area contributed by atoms with Crippen LogP contribution in [0.3, 0.4) is 0 Å². The molecule has 0 radical (unpaired) electrons. The second kappa shape index (κ2) is 67.6. The van der Waals surface area contributed by atoms with E-state index in [0.29, 0.717) is 19.4 Å². The van der Waals surface area contributed by atoms with Gasteiger partial charge in [-0.1, -0.05) is 352 Å². The summed E-state index contributed by atoms with van der Waals surface area (Å²) in [4.78, 5) is 24.4. The van der Waals surface area contributed by atoms with E-state index in [4.69, 9.17) is 4.74 Å². The lowest BCUT2D eigenvalue weighted by Crippen LogP contribution is -2.45. The summed E-state index contributed by atoms with van der Waals surface area (Å²) in [6.07, 6.45) is 86.9. The van der Waals surface area contributed by atoms with E-state index in [1.807, 2.05) is 6.08 Å². The van der Waals surface area contributed by atoms with Gasteiger partial charge in [0.05, 0.1) is 25.4 Å². The molecule has 460 valence electrons. The van der Waals surface area contributed by atoms with Gasteiger partial charge < -0.3 is 20.3 Å². The number of allylic oxidation sites excluding steroid dienone is 5. The molecular weight excluding hydrogens is 959 g/mol. The molecule has 0 aromatic rings. The molecule has 0 rings (SSSR count). The molecule has 0 aromatic heterocycles. The predicted molar refractivity (Wildman–Crippen MR) is 343 cm³/mol. The maximum atomic E-state index is 12.4. The Hall–Kier alpha value is -1.92. The summed E-state index contributed by atoms with van der Waals surface area (Å²) in [5.74, 6) is -0.0548. The topological polar surface area (TPSA) is 95.9 Å². The fraction of sp³-hybridized carbons (Fsp3) is 0.889. The van der Waals surface area contributed by atoms with Gasteiger partial charge in [-0.15, -0.1) is 0 Å². The lowest BCUT2D eigenvalue weighted by atomic mass is 10.0. The Labute approximate surface area is 487 Å². The predicted octanol–water partition coefficient (Wildman–Crippen LogP) is 22.7. The third-order valence-corrected chi connectivity index (χ3v) is 16.4. The number of carbonyl (C=O) groups excluding carboxylic acids is 2. The summed E-state index contributed by atoms with van der Waals surface area (Å²) >= 11 is 0. The van der Waals surface area contributed by atoms with Crippen molar-refractivity contribution in [2.75, 3.05) is 13.2 Å². The minimum atomic E-state index is -0.837. The number of aliphatic hydroxyl groups is 2. The molecule has 0 aliphatic heterocycles. The van der Waals surface area contributed by atoms with E-state index in [1.165, 1.54) is 308 Å². The number of carbonyl (C=O) groups is 2. The first-order valence-electron chi connectivity index (χ1n) is 35.3. The SMILES string of the molecule is CCC/C=C\C/C=C\CCCCCCCC(=O)OCCCCCCCCCCCCCCCCCCCCCCCCCCCCCCCCCCCCCCCCCC(=O)NC(CO)C(O)/C=C/CCCCCCCCC. The average Bonchev–Trinajstić information content (AvgIpc) is 3.44. The van der Waals surface area contributed by atoms with Crippen molar-refractivity contribution in [2.24, 2.45) is 0 Å². The van der Waals surface area contributed by atoms with Crippen molar-refractivity contribution in [3.05, 3.63) is 36.5 Å². The van der Waals surface area contributed by atoms with Crippen molar-refractivity contribution in [2.45, 2.75) is 398 Å². The van der Waals surface area contributed by atoms with Crippen molar-refractivity contribution < 1.29 is 24.5 Å². The number of esters is 1. The van der Waals surface area contributed by atoms with Crippen LogP contribution in [0.1, 0.15) is 386 Å². The van der Waals surface area contributed by atoms with E-state index >= 15 is 0 Å². The molecule has 0 aromatic carbocycles. The third-order valence-electron chi connectivity index (χ3n) is 16.4. The van der Waals surface area contributed by atoms with E-state index in [2.05, 4.69) is 43.5 Å². The van der Waals surface area contributed by atoms with Gasteiger partial charge in [-0.25, -0.2) is 0 Å². The molecule has 0 fully saturated rings. The maximum Gasteiger partial charge on any atom is 0.305 e. The van der Waals surface area contributed by atoms with Crippen molar-refractivity contribution in [1.82, 2.24) is 5.32 Å². The van der Waals surface area contributed by atoms with E-state index < -0.39 is 12.1 Å². The van der Waals surface area contributed by atoms with E-state index in [9.17, 15) is 19.8 Å². The van der Waals surface area contributed by atoms with Crippen LogP contribution in [-0.2, 0) is 14.3 Å². The molecule has 6 heteroatoms. The highest BCUT2D eigenvalue weighted by Gasteiger charge is 2.18. The minimum absolute atomic E-state index is 0.00849. The molecule has 78 heavy (non-hydrogen) atoms. The average molecular weight is 1100 g/mol. The Morgan fingerprint density at radius 3 is 1.03 bits per heavy atom. The zero-order chi connectivity index (χ0) is 56.4. The van der Waals surface area contributed by atoms with Gasteiger partial charge in [-0.3, -0.25) is 9.59 Å². The highest BCUT2D eigenvalue weighted by molar-refractivity contribution is 5.76. The molecular formula is C72H137NO5. The Morgan fingerprint density at radius 2 is 0.667 bits per heavy atom. The van der Waals surface area contributed by atoms with Gasteiger partial charge in [-0.05, 0) is 57.8 Å². The van der Waals surface area contributed by atoms with Crippen LogP contribution in [-0.4, -0.2) is 47.4 Å². The highest BCUT2D eigenvalue weighted by atomic mass is 16.5. The number of unbranched alkanes of at least 4 members (excludes halogenated alkanes) is 51. The van der Waals surface area contributed by atoms with Gasteiger partial charge in [0.1, 0.15) is 0 Å². The lowest BCUT2D eigenvalue weighted by Gasteiger charge is -2.20. The second-order valence-electron chi connectivity index (χ2n) is 24.2. The molecule has 2 unspecified atom stereocenters. The first-order chi connectivity index (χ1) is 38.5. The minimum Gasteiger partial charge on any atom is -0.466 e. The number of rotatable bonds is 66. The van der Waals surface area contributed by atoms with Crippen molar-refractivity contribution >= 4 is 11.9 Å². The van der Waals surface area contributed by atoms with Crippen LogP contribution in [0.25, 0.3) is 0 Å². The van der Waals surface area contributed by atoms with Crippen LogP contribution >= 0.6 is 0 Å². The molecule has 0 saturated carbocycles. The van der Waals surface area contributed by atoms with Crippen LogP contribution in [0, 0.1) is 0 Å². The molecule has 2 atom stereocenters. The Balaban J connectivity index is 3.27. The molecule has 0 spiro atoms. The number of nitrogens with one attached hydrogen (secondary N) is 1. The maximum absolute atomic E-state index is 12.4. The normalized spacial score (nSPS) is 12.7. The lowest BCUT2D eigenvalue weighted by molar-refractivity contribution is -0.143. The molecule has 0 bridgehead atoms. The Morgan fingerprint density at radius 1 is 0.359 bits per heavy atom. The summed E-state index contributed by atoms with van der Waals surface area (Å²) in [5.41, 5.74) is 0. The number of aliphatic hydroxyl groups excluding tert-OH is 2. The van der Waals surface area contributed by atoms with Gasteiger partial charge in [0, 0.05) is 12.8 Å². The molecule has 3 N–H and O–H groups in total. The molecule has 0 saturated heterocycles. The summed E-state index contributed by atoms with van der Waals surface area (Å²) in [7, 11) is 0. The summed E-state index contributed by atoms with van der Waals surface area (Å²) in [6.45, 7) is 4.83. The van der Waals surface area contributed by atoms with Gasteiger partial charge >= 0.3 is 5.97 Å². The summed E-state index contributed by atoms with van der Waals surface area (Å²) in [5, 5.41) is 23.0. The number of hydrogen-bond donors (Lipinski definition) is 3. The van der Waals surface area contributed by atoms with Gasteiger partial charge in [0.2, 0.25) is 5.91 Å². The molecule has 0 aliphatic carbocycles. The van der Waals surface area contributed by atoms with E-state index in [1.54, 1.807) is 6.08 Å². The van der Waals surface area contributed by atoms with Crippen molar-refractivity contribution in [3.63, 3.8) is 0 Å². The zero-order valence-electron chi connectivity index (χ0n) is 52.7. The van der Waals surface area contributed by atoms with Crippen LogP contribution in [0.15, 0.2) is 36.5 Å². The Kier molecular flexibility index (Phi) is 65.9. The first kappa shape index (κ1) is 76.1. The number of amides is 1. The van der Waals surface area contributed by atoms with Crippen molar-refractivity contribution in [3.8, 4) is 0 Å². The van der Waals surface area contributed by atoms with Crippen LogP contribution < -0.4 is 5.32 Å². The smallest absolute Gasteiger partial charge is 0.305 e. The van der Waals surface area contributed by atoms with Crippen molar-refractivity contribution in [1.29, 1.82) is 0 Å². The molecule has 6 nitrogen and oxygen atoms in total. The standard InChI is InChI=1S/C72H137NO5/c1-3-5-7-9-11-13-14-42-46-50-54-58-62-66-72(77)78-67-63-59-55-51-47-44-41-39-37-35-33-31-29-27-25-23-21-19-17-15-16-18-20-22-24-26-28-30-32-34-36-38-40-43-45-49-53-57-61-65-71(76)73-69(68-74)70(75)64-60-56-52-48-12-10-8-6-4-2/h7,9,13-14,60,64,69-70,74-75H,3-6,8,10-12,15-59,61-63,65-68H2,1-2H3,(H,73,76)/b9-7-,14-13-,64-60+. The molecule has 1 amide bonds. The van der Waals surface area contributed by atoms with E-state index in [0.717, 1.165) is 51.4 Å². The van der Waals surface area contributed by atoms with Crippen LogP contribution in [0.4, 0.5) is 0 Å². The quantitative estimate of drug-likeness (QED) is 0.0320. The highest BCUT2D eigenvalue weighted by Crippen LogP contribution is 2.19. The number of ether oxygens (including phenoxy) is 1. The fourth-order valence-electron chi connectivity index (χ4n) is 11.0. The summed E-state index contributed by atoms with van der Waals surface area (Å²) < 4.78 is 5.48. The van der Waals surface area contributed by atoms with E-state index in [-0.39, 0.29) is 18.5 Å². The van der Waals surface area contributed by atoms with Gasteiger partial charge in [0.15, 0.2) is 0 Å². The largest absolute Gasteiger partial charge is 0.466 e. The second-order valence-corrected chi connectivity index (χ2v) is 24.2. The van der Waals surface area contributed by atoms with Gasteiger partial charge in [-0.2, -0.15) is 0 Å². The van der Waals surface area contributed by atoms with Crippen LogP contribution in [0.5, 0.6) is 0 Å². The fourth-order valence-corrected chi connectivity index (χ4v) is 11.0. The third kappa shape index (κ3) is 63.3. The summed E-state index contributed by atoms with van der Waals surface area (Å²) in [6, 6.07) is -0.620. The first-order valence-corrected chi connectivity index (χ1v) is 35.3. The number of hydrogen-bond acceptors (Lipinski definition) is 5. The van der Waals surface area contributed by atoms with Crippen LogP contribution in [0.2, 0.25) is 0 Å². The monoisotopic (exact) mass is 1100 g/mol.